The monoisotopic (exact) mass is 371 g/mol. The minimum absolute atomic E-state index is 0. The number of benzene rings is 1. The Bertz CT molecular complexity index is 782. The molecule has 128 valence electrons. The molecule has 0 saturated heterocycles. The summed E-state index contributed by atoms with van der Waals surface area (Å²) in [6, 6.07) is 5.24. The van der Waals surface area contributed by atoms with E-state index in [-0.39, 0.29) is 70.6 Å². The smallest absolute Gasteiger partial charge is 0.548 e. The molecule has 2 atom stereocenters. The van der Waals surface area contributed by atoms with Gasteiger partial charge in [0.2, 0.25) is 11.8 Å². The summed E-state index contributed by atoms with van der Waals surface area (Å²) in [4.78, 5) is 37.3. The number of fused-ring (bicyclic) bond motifs is 1. The Kier molecular flexibility index (Phi) is 8.07. The molecule has 0 spiro atoms. The normalized spacial score (nSPS) is 13.4. The number of hydrogen-bond donors (Lipinski definition) is 4. The molecule has 0 fully saturated rings. The van der Waals surface area contributed by atoms with Crippen molar-refractivity contribution in [3.05, 3.63) is 36.0 Å². The number of carboxylic acid groups (broad SMARTS) is 1. The molecule has 2 rings (SSSR count). The topological polar surface area (TPSA) is 154 Å². The number of carbonyl (C=O) groups is 3. The van der Waals surface area contributed by atoms with Crippen LogP contribution in [0.2, 0.25) is 1.41 Å². The fraction of sp³-hybridized carbons (Fsp3) is 0.312. The first-order chi connectivity index (χ1) is 11.9. The van der Waals surface area contributed by atoms with Crippen LogP contribution in [0.4, 0.5) is 0 Å². The maximum atomic E-state index is 11.9. The molecule has 1 aromatic heterocycles. The predicted molar refractivity (Wildman–Crippen MR) is 85.3 cm³/mol. The Morgan fingerprint density at radius 1 is 1.32 bits per heavy atom. The Labute approximate surface area is 188 Å². The second-order valence-electron chi connectivity index (χ2n) is 5.50. The largest absolute Gasteiger partial charge is 1.00 e. The van der Waals surface area contributed by atoms with Gasteiger partial charge in [-0.1, -0.05) is 18.2 Å². The number of amides is 2. The quantitative estimate of drug-likeness (QED) is 0.327. The van der Waals surface area contributed by atoms with Crippen molar-refractivity contribution in [1.82, 2.24) is 10.3 Å². The van der Waals surface area contributed by atoms with Gasteiger partial charge in [0, 0.05) is 29.9 Å². The molecule has 0 radical (unpaired) electrons. The van der Waals surface area contributed by atoms with Gasteiger partial charge >= 0.3 is 51.4 Å². The number of carbonyl (C=O) groups excluding carboxylic acids is 3. The maximum Gasteiger partial charge on any atom is 1.00 e. The van der Waals surface area contributed by atoms with E-state index in [1.807, 2.05) is 30.0 Å². The van der Waals surface area contributed by atoms with Gasteiger partial charge in [0.05, 0.1) is 18.1 Å². The first-order valence-electron chi connectivity index (χ1n) is 7.94. The standard InChI is InChI=1S/C16H20N4O4.K/c17-11(15(18)22)5-6-14(21)20-13(16(23)24)7-9-8-19-12-4-2-1-3-10(9)12;/h1-4,8,11,13,19H,5-7,17H2,(H2,18,22)(H,20,21)(H,23,24);/q;+1/p-1/t11-,13+;/m1./s1/i/hD. The van der Waals surface area contributed by atoms with Gasteiger partial charge in [0.25, 0.3) is 0 Å². The summed E-state index contributed by atoms with van der Waals surface area (Å²) in [7, 11) is 0. The number of nitrogens with two attached hydrogens (primary N) is 2. The van der Waals surface area contributed by atoms with Crippen LogP contribution in [0.25, 0.3) is 10.9 Å². The van der Waals surface area contributed by atoms with Crippen molar-refractivity contribution in [1.29, 1.82) is 0 Å². The predicted octanol–water partition coefficient (Wildman–Crippen LogP) is -4.46. The molecule has 6 N–H and O–H groups in total. The van der Waals surface area contributed by atoms with E-state index in [0.29, 0.717) is 0 Å². The number of carboxylic acids is 1. The van der Waals surface area contributed by atoms with Crippen molar-refractivity contribution < 1.29 is 72.3 Å². The third kappa shape index (κ3) is 6.21. The Morgan fingerprint density at radius 2 is 2.04 bits per heavy atom. The zero-order valence-corrected chi connectivity index (χ0v) is 17.0. The van der Waals surface area contributed by atoms with Gasteiger partial charge in [0.1, 0.15) is 1.41 Å². The molecule has 25 heavy (non-hydrogen) atoms. The maximum absolute atomic E-state index is 11.9. The number of H-pyrrole nitrogens is 1. The van der Waals surface area contributed by atoms with Gasteiger partial charge in [-0.15, -0.1) is 0 Å². The number of primary amides is 1. The van der Waals surface area contributed by atoms with E-state index in [1.54, 1.807) is 6.20 Å². The zero-order valence-electron chi connectivity index (χ0n) is 14.9. The van der Waals surface area contributed by atoms with Gasteiger partial charge < -0.3 is 31.7 Å². The van der Waals surface area contributed by atoms with E-state index >= 15 is 0 Å². The van der Waals surface area contributed by atoms with Crippen LogP contribution >= 0.6 is 0 Å². The molecule has 0 aliphatic carbocycles. The van der Waals surface area contributed by atoms with E-state index in [9.17, 15) is 19.5 Å². The van der Waals surface area contributed by atoms with Crippen molar-refractivity contribution >= 4 is 28.7 Å². The average molecular weight is 371 g/mol. The molecule has 0 aliphatic rings. The summed E-state index contributed by atoms with van der Waals surface area (Å²) in [5.41, 5.74) is 8.63. The van der Waals surface area contributed by atoms with Crippen LogP contribution in [-0.4, -0.2) is 34.9 Å². The molecular formula is C16H19KN4O4. The van der Waals surface area contributed by atoms with Crippen LogP contribution in [0, 0.1) is 0 Å². The second kappa shape index (κ2) is 10.0. The number of hydrogen-bond acceptors (Lipinski definition) is 5. The van der Waals surface area contributed by atoms with Gasteiger partial charge in [0.15, 0.2) is 0 Å². The molecule has 0 unspecified atom stereocenters. The summed E-state index contributed by atoms with van der Waals surface area (Å²) in [6.07, 6.45) is 1.61. The molecule has 1 aromatic carbocycles. The summed E-state index contributed by atoms with van der Waals surface area (Å²) in [5.74, 6) is -2.71. The number of rotatable bonds is 9. The van der Waals surface area contributed by atoms with E-state index < -0.39 is 29.9 Å². The number of para-hydroxylation sites is 1. The molecule has 2 aromatic rings. The van der Waals surface area contributed by atoms with Crippen LogP contribution in [-0.2, 0) is 20.8 Å². The van der Waals surface area contributed by atoms with E-state index in [4.69, 9.17) is 7.15 Å². The van der Waals surface area contributed by atoms with Crippen molar-refractivity contribution in [2.45, 2.75) is 31.3 Å². The molecule has 0 bridgehead atoms. The van der Waals surface area contributed by atoms with Crippen LogP contribution in [0.15, 0.2) is 30.5 Å². The minimum Gasteiger partial charge on any atom is -0.548 e. The van der Waals surface area contributed by atoms with Crippen molar-refractivity contribution in [3.63, 3.8) is 0 Å². The average Bonchev–Trinajstić information content (AvgIpc) is 2.97. The number of aliphatic carboxylic acids is 1. The number of aromatic amines is 1. The van der Waals surface area contributed by atoms with E-state index in [1.165, 1.54) is 0 Å². The molecule has 2 amide bonds. The molecule has 8 nitrogen and oxygen atoms in total. The SMILES string of the molecule is [2H]N[C@H](CCC(=O)N[C@@H](Cc1c[nH]c2ccccc12)C(=O)[O-])C(N)=O.[K+]. The summed E-state index contributed by atoms with van der Waals surface area (Å²) >= 11 is 0. The minimum atomic E-state index is -1.40. The Morgan fingerprint density at radius 3 is 2.68 bits per heavy atom. The van der Waals surface area contributed by atoms with Crippen molar-refractivity contribution in [3.8, 4) is 0 Å². The Hall–Kier alpha value is -1.23. The summed E-state index contributed by atoms with van der Waals surface area (Å²) in [5, 5.41) is 14.6. The van der Waals surface area contributed by atoms with Crippen LogP contribution in [0.5, 0.6) is 0 Å². The Balaban J connectivity index is 0.00000338. The molecular weight excluding hydrogens is 351 g/mol. The van der Waals surface area contributed by atoms with Gasteiger partial charge in [-0.25, -0.2) is 0 Å². The molecule has 0 saturated carbocycles. The second-order valence-corrected chi connectivity index (χ2v) is 5.50. The number of nitrogens with one attached hydrogen (secondary N) is 2. The van der Waals surface area contributed by atoms with Crippen molar-refractivity contribution in [2.24, 2.45) is 11.5 Å². The molecule has 9 heteroatoms. The van der Waals surface area contributed by atoms with Crippen molar-refractivity contribution in [2.75, 3.05) is 0 Å². The van der Waals surface area contributed by atoms with Crippen LogP contribution < -0.4 is 73.3 Å². The first kappa shape index (κ1) is 20.1. The van der Waals surface area contributed by atoms with E-state index in [2.05, 4.69) is 10.3 Å². The third-order valence-electron chi connectivity index (χ3n) is 3.72. The fourth-order valence-corrected chi connectivity index (χ4v) is 2.40. The summed E-state index contributed by atoms with van der Waals surface area (Å²) < 4.78 is 6.96. The molecule has 1 heterocycles. The fourth-order valence-electron chi connectivity index (χ4n) is 2.40. The van der Waals surface area contributed by atoms with Gasteiger partial charge in [-0.2, -0.15) is 0 Å². The van der Waals surface area contributed by atoms with Gasteiger partial charge in [-0.05, 0) is 18.1 Å². The molecule has 0 aliphatic heterocycles. The first-order valence-corrected chi connectivity index (χ1v) is 7.44. The summed E-state index contributed by atoms with van der Waals surface area (Å²) in [6.45, 7) is 0. The van der Waals surface area contributed by atoms with Crippen LogP contribution in [0.1, 0.15) is 18.4 Å². The van der Waals surface area contributed by atoms with Crippen LogP contribution in [0.3, 0.4) is 0 Å². The van der Waals surface area contributed by atoms with Gasteiger partial charge in [-0.3, -0.25) is 9.59 Å². The number of aromatic nitrogens is 1. The third-order valence-corrected chi connectivity index (χ3v) is 3.72. The van der Waals surface area contributed by atoms with E-state index in [0.717, 1.165) is 16.5 Å². The zero-order chi connectivity index (χ0) is 18.4.